The zero-order valence-electron chi connectivity index (χ0n) is 19.7. The van der Waals surface area contributed by atoms with E-state index in [0.29, 0.717) is 0 Å². The van der Waals surface area contributed by atoms with Crippen LogP contribution in [0, 0.1) is 17.8 Å². The summed E-state index contributed by atoms with van der Waals surface area (Å²) in [5, 5.41) is 0. The van der Waals surface area contributed by atoms with Crippen molar-refractivity contribution < 1.29 is 9.47 Å². The molecule has 3 rings (SSSR count). The van der Waals surface area contributed by atoms with Crippen LogP contribution in [-0.4, -0.2) is 20.3 Å². The number of methoxy groups -OCH3 is 1. The van der Waals surface area contributed by atoms with Gasteiger partial charge in [-0.05, 0) is 92.7 Å². The lowest BCUT2D eigenvalue weighted by Gasteiger charge is -2.38. The van der Waals surface area contributed by atoms with Crippen LogP contribution in [0.1, 0.15) is 108 Å². The molecule has 30 heavy (non-hydrogen) atoms. The van der Waals surface area contributed by atoms with E-state index in [2.05, 4.69) is 31.2 Å². The molecule has 0 radical (unpaired) electrons. The van der Waals surface area contributed by atoms with Crippen LogP contribution in [0.5, 0.6) is 5.75 Å². The molecule has 2 heteroatoms. The molecule has 1 aromatic rings. The van der Waals surface area contributed by atoms with Gasteiger partial charge < -0.3 is 9.47 Å². The van der Waals surface area contributed by atoms with E-state index >= 15 is 0 Å². The molecule has 0 atom stereocenters. The summed E-state index contributed by atoms with van der Waals surface area (Å²) >= 11 is 0. The Morgan fingerprint density at radius 1 is 0.733 bits per heavy atom. The summed E-state index contributed by atoms with van der Waals surface area (Å²) < 4.78 is 11.0. The Balaban J connectivity index is 1.34. The molecule has 0 spiro atoms. The van der Waals surface area contributed by atoms with Gasteiger partial charge in [0.25, 0.3) is 0 Å². The smallest absolute Gasteiger partial charge is 0.119 e. The first kappa shape index (κ1) is 23.6. The first-order valence-corrected chi connectivity index (χ1v) is 13.0. The third-order valence-corrected chi connectivity index (χ3v) is 7.91. The topological polar surface area (TPSA) is 18.5 Å². The van der Waals surface area contributed by atoms with Crippen LogP contribution < -0.4 is 4.74 Å². The standard InChI is InChI=1S/C28H46O2/c1-3-4-5-8-23-9-11-24(12-10-23)25-13-15-26(16-14-25)27-17-19-28(20-18-27)30-22-7-6-21-29-2/h17-20,23-26H,3-16,21-22H2,1-2H3. The monoisotopic (exact) mass is 414 g/mol. The number of benzene rings is 1. The molecule has 2 fully saturated rings. The molecule has 2 saturated carbocycles. The summed E-state index contributed by atoms with van der Waals surface area (Å²) in [6.45, 7) is 3.93. The van der Waals surface area contributed by atoms with Gasteiger partial charge in [0.2, 0.25) is 0 Å². The average Bonchev–Trinajstić information content (AvgIpc) is 2.80. The van der Waals surface area contributed by atoms with Gasteiger partial charge in [0.1, 0.15) is 5.75 Å². The molecule has 0 amide bonds. The van der Waals surface area contributed by atoms with E-state index in [4.69, 9.17) is 9.47 Å². The summed E-state index contributed by atoms with van der Waals surface area (Å²) in [5.74, 6) is 4.86. The van der Waals surface area contributed by atoms with Gasteiger partial charge in [0.05, 0.1) is 6.61 Å². The largest absolute Gasteiger partial charge is 0.494 e. The molecule has 0 heterocycles. The van der Waals surface area contributed by atoms with Crippen LogP contribution in [0.3, 0.4) is 0 Å². The Kier molecular flexibility index (Phi) is 10.6. The number of hydrogen-bond donors (Lipinski definition) is 0. The van der Waals surface area contributed by atoms with Crippen molar-refractivity contribution in [2.45, 2.75) is 103 Å². The van der Waals surface area contributed by atoms with Crippen molar-refractivity contribution in [2.24, 2.45) is 17.8 Å². The second-order valence-corrected chi connectivity index (χ2v) is 10.0. The number of unbranched alkanes of at least 4 members (excludes halogenated alkanes) is 3. The fourth-order valence-electron chi connectivity index (χ4n) is 5.93. The molecule has 0 N–H and O–H groups in total. The van der Waals surface area contributed by atoms with Gasteiger partial charge in [-0.2, -0.15) is 0 Å². The highest BCUT2D eigenvalue weighted by Gasteiger charge is 2.31. The molecule has 0 unspecified atom stereocenters. The Labute approximate surface area is 186 Å². The van der Waals surface area contributed by atoms with Crippen molar-refractivity contribution in [3.63, 3.8) is 0 Å². The van der Waals surface area contributed by atoms with Crippen LogP contribution >= 0.6 is 0 Å². The zero-order valence-corrected chi connectivity index (χ0v) is 19.7. The van der Waals surface area contributed by atoms with E-state index in [1.54, 1.807) is 7.11 Å². The number of hydrogen-bond acceptors (Lipinski definition) is 2. The van der Waals surface area contributed by atoms with Crippen molar-refractivity contribution in [2.75, 3.05) is 20.3 Å². The van der Waals surface area contributed by atoms with E-state index in [1.807, 2.05) is 0 Å². The normalized spacial score (nSPS) is 27.1. The van der Waals surface area contributed by atoms with E-state index in [9.17, 15) is 0 Å². The third-order valence-electron chi connectivity index (χ3n) is 7.91. The number of ether oxygens (including phenoxy) is 2. The molecule has 170 valence electrons. The Morgan fingerprint density at radius 2 is 1.37 bits per heavy atom. The minimum absolute atomic E-state index is 0.766. The third kappa shape index (κ3) is 7.59. The lowest BCUT2D eigenvalue weighted by molar-refractivity contribution is 0.155. The van der Waals surface area contributed by atoms with Gasteiger partial charge in [-0.25, -0.2) is 0 Å². The molecule has 2 aliphatic rings. The predicted octanol–water partition coefficient (Wildman–Crippen LogP) is 8.15. The Morgan fingerprint density at radius 3 is 2.00 bits per heavy atom. The van der Waals surface area contributed by atoms with E-state index in [1.165, 1.54) is 82.6 Å². The first-order chi connectivity index (χ1) is 14.8. The van der Waals surface area contributed by atoms with Crippen molar-refractivity contribution in [3.05, 3.63) is 29.8 Å². The minimum atomic E-state index is 0.766. The SMILES string of the molecule is CCCCCC1CCC(C2CCC(c3ccc(OCCCCOC)cc3)CC2)CC1. The fourth-order valence-corrected chi connectivity index (χ4v) is 5.93. The second kappa shape index (κ2) is 13.4. The van der Waals surface area contributed by atoms with Gasteiger partial charge in [-0.3, -0.25) is 0 Å². The van der Waals surface area contributed by atoms with Crippen molar-refractivity contribution in [3.8, 4) is 5.75 Å². The summed E-state index contributed by atoms with van der Waals surface area (Å²) in [6, 6.07) is 8.99. The predicted molar refractivity (Wildman–Crippen MR) is 127 cm³/mol. The summed E-state index contributed by atoms with van der Waals surface area (Å²) in [6.07, 6.45) is 19.6. The van der Waals surface area contributed by atoms with E-state index in [0.717, 1.165) is 55.5 Å². The molecule has 2 aliphatic carbocycles. The highest BCUT2D eigenvalue weighted by atomic mass is 16.5. The summed E-state index contributed by atoms with van der Waals surface area (Å²) in [5.41, 5.74) is 1.53. The molecular weight excluding hydrogens is 368 g/mol. The van der Waals surface area contributed by atoms with Gasteiger partial charge >= 0.3 is 0 Å². The highest BCUT2D eigenvalue weighted by molar-refractivity contribution is 5.29. The molecule has 0 aromatic heterocycles. The van der Waals surface area contributed by atoms with Gasteiger partial charge in [0, 0.05) is 13.7 Å². The fraction of sp³-hybridized carbons (Fsp3) is 0.786. The molecule has 1 aromatic carbocycles. The van der Waals surface area contributed by atoms with Gasteiger partial charge in [0.15, 0.2) is 0 Å². The lowest BCUT2D eigenvalue weighted by Crippen LogP contribution is -2.25. The van der Waals surface area contributed by atoms with E-state index < -0.39 is 0 Å². The van der Waals surface area contributed by atoms with Gasteiger partial charge in [-0.1, -0.05) is 57.6 Å². The van der Waals surface area contributed by atoms with Crippen LogP contribution in [0.2, 0.25) is 0 Å². The average molecular weight is 415 g/mol. The highest BCUT2D eigenvalue weighted by Crippen LogP contribution is 2.44. The van der Waals surface area contributed by atoms with Crippen LogP contribution in [-0.2, 0) is 4.74 Å². The first-order valence-electron chi connectivity index (χ1n) is 13.0. The van der Waals surface area contributed by atoms with Crippen molar-refractivity contribution >= 4 is 0 Å². The number of rotatable bonds is 12. The van der Waals surface area contributed by atoms with Crippen LogP contribution in [0.25, 0.3) is 0 Å². The van der Waals surface area contributed by atoms with Gasteiger partial charge in [-0.15, -0.1) is 0 Å². The Bertz CT molecular complexity index is 551. The Hall–Kier alpha value is -1.02. The molecule has 0 aliphatic heterocycles. The molecule has 2 nitrogen and oxygen atoms in total. The zero-order chi connectivity index (χ0) is 21.0. The molecule has 0 saturated heterocycles. The van der Waals surface area contributed by atoms with Crippen molar-refractivity contribution in [1.29, 1.82) is 0 Å². The maximum atomic E-state index is 5.88. The summed E-state index contributed by atoms with van der Waals surface area (Å²) in [7, 11) is 1.76. The van der Waals surface area contributed by atoms with Crippen molar-refractivity contribution in [1.82, 2.24) is 0 Å². The lowest BCUT2D eigenvalue weighted by atomic mass is 9.68. The van der Waals surface area contributed by atoms with Crippen LogP contribution in [0.4, 0.5) is 0 Å². The minimum Gasteiger partial charge on any atom is -0.494 e. The molecular formula is C28H46O2. The van der Waals surface area contributed by atoms with Crippen LogP contribution in [0.15, 0.2) is 24.3 Å². The maximum Gasteiger partial charge on any atom is 0.119 e. The second-order valence-electron chi connectivity index (χ2n) is 10.0. The summed E-state index contributed by atoms with van der Waals surface area (Å²) in [4.78, 5) is 0. The quantitative estimate of drug-likeness (QED) is 0.321. The maximum absolute atomic E-state index is 5.88. The van der Waals surface area contributed by atoms with E-state index in [-0.39, 0.29) is 0 Å². The molecule has 0 bridgehead atoms.